The van der Waals surface area contributed by atoms with Crippen LogP contribution in [0.2, 0.25) is 0 Å². The summed E-state index contributed by atoms with van der Waals surface area (Å²) in [5.41, 5.74) is 1.21. The Balaban J connectivity index is 2.15. The number of hydrogen-bond donors (Lipinski definition) is 0. The average molecular weight is 235 g/mol. The quantitative estimate of drug-likeness (QED) is 0.729. The summed E-state index contributed by atoms with van der Waals surface area (Å²) < 4.78 is 5.50. The number of carbonyl (C=O) groups is 1. The van der Waals surface area contributed by atoms with Gasteiger partial charge in [0.15, 0.2) is 0 Å². The summed E-state index contributed by atoms with van der Waals surface area (Å²) in [5.74, 6) is -0.0693. The molecule has 0 aliphatic carbocycles. The highest BCUT2D eigenvalue weighted by atomic mass is 16.5. The van der Waals surface area contributed by atoms with Crippen molar-refractivity contribution in [2.24, 2.45) is 0 Å². The molecule has 1 saturated heterocycles. The molecular formula is C12H17N3O2. The summed E-state index contributed by atoms with van der Waals surface area (Å²) in [6.45, 7) is 6.97. The van der Waals surface area contributed by atoms with Crippen LogP contribution in [0.4, 0.5) is 0 Å². The minimum Gasteiger partial charge on any atom is -0.375 e. The number of morpholine rings is 1. The fourth-order valence-electron chi connectivity index (χ4n) is 1.84. The number of aryl methyl sites for hydroxylation is 1. The molecule has 0 bridgehead atoms. The number of hydrogen-bond acceptors (Lipinski definition) is 4. The highest BCUT2D eigenvalue weighted by Gasteiger charge is 2.28. The van der Waals surface area contributed by atoms with Gasteiger partial charge in [-0.3, -0.25) is 9.78 Å². The number of rotatable bonds is 1. The van der Waals surface area contributed by atoms with E-state index in [0.717, 1.165) is 5.69 Å². The maximum atomic E-state index is 12.2. The van der Waals surface area contributed by atoms with E-state index in [-0.39, 0.29) is 18.1 Å². The summed E-state index contributed by atoms with van der Waals surface area (Å²) in [7, 11) is 0. The minimum atomic E-state index is -0.0693. The molecule has 1 aromatic rings. The van der Waals surface area contributed by atoms with Crippen LogP contribution in [-0.2, 0) is 4.74 Å². The van der Waals surface area contributed by atoms with E-state index in [1.54, 1.807) is 11.1 Å². The van der Waals surface area contributed by atoms with Crippen molar-refractivity contribution >= 4 is 5.91 Å². The van der Waals surface area contributed by atoms with Crippen LogP contribution in [-0.4, -0.2) is 46.1 Å². The molecule has 0 saturated carbocycles. The molecule has 92 valence electrons. The zero-order valence-corrected chi connectivity index (χ0v) is 10.4. The van der Waals surface area contributed by atoms with Crippen LogP contribution >= 0.6 is 0 Å². The predicted molar refractivity (Wildman–Crippen MR) is 62.7 cm³/mol. The molecule has 1 fully saturated rings. The van der Waals surface area contributed by atoms with Gasteiger partial charge < -0.3 is 9.64 Å². The van der Waals surface area contributed by atoms with Gasteiger partial charge in [0.1, 0.15) is 5.69 Å². The smallest absolute Gasteiger partial charge is 0.274 e. The first kappa shape index (κ1) is 12.0. The molecule has 1 aliphatic heterocycles. The largest absolute Gasteiger partial charge is 0.375 e. The second-order valence-corrected chi connectivity index (χ2v) is 4.49. The summed E-state index contributed by atoms with van der Waals surface area (Å²) in [6.07, 6.45) is 3.22. The summed E-state index contributed by atoms with van der Waals surface area (Å²) in [5, 5.41) is 0. The maximum absolute atomic E-state index is 12.2. The number of carbonyl (C=O) groups excluding carboxylic acids is 1. The van der Waals surface area contributed by atoms with E-state index in [9.17, 15) is 4.79 Å². The van der Waals surface area contributed by atoms with Gasteiger partial charge in [0.2, 0.25) is 0 Å². The average Bonchev–Trinajstić information content (AvgIpc) is 2.32. The highest BCUT2D eigenvalue weighted by Crippen LogP contribution is 2.14. The fourth-order valence-corrected chi connectivity index (χ4v) is 1.84. The molecule has 2 rings (SSSR count). The van der Waals surface area contributed by atoms with Gasteiger partial charge in [-0.05, 0) is 20.8 Å². The van der Waals surface area contributed by atoms with Crippen molar-refractivity contribution in [1.82, 2.24) is 14.9 Å². The molecule has 1 aromatic heterocycles. The normalized spacial score (nSPS) is 24.8. The number of nitrogens with zero attached hydrogens (tertiary/aromatic N) is 3. The van der Waals surface area contributed by atoms with Gasteiger partial charge in [-0.15, -0.1) is 0 Å². The van der Waals surface area contributed by atoms with Gasteiger partial charge in [0.05, 0.1) is 30.6 Å². The van der Waals surface area contributed by atoms with Crippen molar-refractivity contribution < 1.29 is 9.53 Å². The third kappa shape index (κ3) is 2.61. The van der Waals surface area contributed by atoms with Crippen LogP contribution in [0.3, 0.4) is 0 Å². The maximum Gasteiger partial charge on any atom is 0.274 e. The Morgan fingerprint density at radius 1 is 1.41 bits per heavy atom. The summed E-state index contributed by atoms with van der Waals surface area (Å²) >= 11 is 0. The Morgan fingerprint density at radius 3 is 2.82 bits per heavy atom. The molecule has 17 heavy (non-hydrogen) atoms. The van der Waals surface area contributed by atoms with Crippen molar-refractivity contribution in [2.75, 3.05) is 13.2 Å². The first-order chi connectivity index (χ1) is 8.08. The van der Waals surface area contributed by atoms with Crippen LogP contribution in [0, 0.1) is 6.92 Å². The molecule has 2 atom stereocenters. The van der Waals surface area contributed by atoms with E-state index in [0.29, 0.717) is 18.8 Å². The molecule has 1 amide bonds. The molecule has 1 aliphatic rings. The fraction of sp³-hybridized carbons (Fsp3) is 0.583. The van der Waals surface area contributed by atoms with Crippen molar-refractivity contribution in [3.05, 3.63) is 23.8 Å². The minimum absolute atomic E-state index is 0.0693. The van der Waals surface area contributed by atoms with Gasteiger partial charge in [0, 0.05) is 12.7 Å². The van der Waals surface area contributed by atoms with E-state index in [4.69, 9.17) is 4.74 Å². The molecular weight excluding hydrogens is 218 g/mol. The number of ether oxygens (including phenoxy) is 1. The van der Waals surface area contributed by atoms with Crippen molar-refractivity contribution in [3.8, 4) is 0 Å². The van der Waals surface area contributed by atoms with E-state index >= 15 is 0 Å². The molecule has 2 unspecified atom stereocenters. The first-order valence-corrected chi connectivity index (χ1v) is 5.79. The monoisotopic (exact) mass is 235 g/mol. The van der Waals surface area contributed by atoms with Gasteiger partial charge in [-0.25, -0.2) is 4.98 Å². The van der Waals surface area contributed by atoms with E-state index in [1.165, 1.54) is 6.20 Å². The van der Waals surface area contributed by atoms with E-state index in [2.05, 4.69) is 9.97 Å². The molecule has 0 spiro atoms. The lowest BCUT2D eigenvalue weighted by atomic mass is 10.2. The summed E-state index contributed by atoms with van der Waals surface area (Å²) in [4.78, 5) is 22.3. The Bertz CT molecular complexity index is 405. The molecule has 5 heteroatoms. The number of amides is 1. The third-order valence-corrected chi connectivity index (χ3v) is 2.87. The Labute approximate surface area is 101 Å². The topological polar surface area (TPSA) is 55.3 Å². The first-order valence-electron chi connectivity index (χ1n) is 5.79. The Kier molecular flexibility index (Phi) is 3.38. The number of aromatic nitrogens is 2. The predicted octanol–water partition coefficient (Wildman–Crippen LogP) is 1.03. The van der Waals surface area contributed by atoms with E-state index < -0.39 is 0 Å². The zero-order valence-electron chi connectivity index (χ0n) is 10.4. The van der Waals surface area contributed by atoms with Crippen LogP contribution < -0.4 is 0 Å². The molecule has 2 heterocycles. The molecule has 0 radical (unpaired) electrons. The van der Waals surface area contributed by atoms with Gasteiger partial charge in [-0.2, -0.15) is 0 Å². The van der Waals surface area contributed by atoms with Gasteiger partial charge in [-0.1, -0.05) is 0 Å². The lowest BCUT2D eigenvalue weighted by molar-refractivity contribution is -0.0389. The van der Waals surface area contributed by atoms with Crippen molar-refractivity contribution in [1.29, 1.82) is 0 Å². The van der Waals surface area contributed by atoms with Crippen molar-refractivity contribution in [3.63, 3.8) is 0 Å². The second kappa shape index (κ2) is 4.79. The van der Waals surface area contributed by atoms with Crippen molar-refractivity contribution in [2.45, 2.75) is 32.9 Å². The Hall–Kier alpha value is -1.49. The SMILES string of the molecule is Cc1cnc(C(=O)N2CC(C)OCC2C)cn1. The Morgan fingerprint density at radius 2 is 2.18 bits per heavy atom. The standard InChI is InChI=1S/C12H17N3O2/c1-8-4-14-11(5-13-8)12(16)15-6-10(3)17-7-9(15)2/h4-5,9-10H,6-7H2,1-3H3. The van der Waals surface area contributed by atoms with Crippen LogP contribution in [0.5, 0.6) is 0 Å². The van der Waals surface area contributed by atoms with Gasteiger partial charge >= 0.3 is 0 Å². The zero-order chi connectivity index (χ0) is 12.4. The van der Waals surface area contributed by atoms with E-state index in [1.807, 2.05) is 20.8 Å². The third-order valence-electron chi connectivity index (χ3n) is 2.87. The molecule has 5 nitrogen and oxygen atoms in total. The molecule has 0 aromatic carbocycles. The second-order valence-electron chi connectivity index (χ2n) is 4.49. The lowest BCUT2D eigenvalue weighted by Gasteiger charge is -2.36. The van der Waals surface area contributed by atoms with Crippen LogP contribution in [0.25, 0.3) is 0 Å². The lowest BCUT2D eigenvalue weighted by Crippen LogP contribution is -2.50. The van der Waals surface area contributed by atoms with Gasteiger partial charge in [0.25, 0.3) is 5.91 Å². The molecule has 0 N–H and O–H groups in total. The summed E-state index contributed by atoms with van der Waals surface area (Å²) in [6, 6.07) is 0.0850. The highest BCUT2D eigenvalue weighted by molar-refractivity contribution is 5.92. The van der Waals surface area contributed by atoms with Crippen LogP contribution in [0.1, 0.15) is 30.0 Å². The van der Waals surface area contributed by atoms with Crippen LogP contribution in [0.15, 0.2) is 12.4 Å².